The van der Waals surface area contributed by atoms with E-state index in [2.05, 4.69) is 15.3 Å². The molecule has 19 heavy (non-hydrogen) atoms. The highest BCUT2D eigenvalue weighted by Gasteiger charge is 1.96. The van der Waals surface area contributed by atoms with Crippen molar-refractivity contribution in [2.75, 3.05) is 5.32 Å². The third-order valence-corrected chi connectivity index (χ3v) is 2.77. The second-order valence-electron chi connectivity index (χ2n) is 4.18. The zero-order valence-corrected chi connectivity index (χ0v) is 11.4. The smallest absolute Gasteiger partial charge is 0.193 e. The van der Waals surface area contributed by atoms with Crippen LogP contribution in [0, 0.1) is 6.92 Å². The van der Waals surface area contributed by atoms with Crippen molar-refractivity contribution in [3.05, 3.63) is 58.9 Å². The van der Waals surface area contributed by atoms with Gasteiger partial charge in [0, 0.05) is 11.9 Å². The van der Waals surface area contributed by atoms with Crippen molar-refractivity contribution in [3.8, 4) is 0 Å². The van der Waals surface area contributed by atoms with Gasteiger partial charge in [-0.2, -0.15) is 0 Å². The number of hydrogen-bond donors (Lipinski definition) is 2. The number of guanidine groups is 1. The van der Waals surface area contributed by atoms with Gasteiger partial charge in [0.2, 0.25) is 0 Å². The molecule has 0 aliphatic heterocycles. The molecular formula is C14H15ClN4. The van der Waals surface area contributed by atoms with Gasteiger partial charge < -0.3 is 11.1 Å². The lowest BCUT2D eigenvalue weighted by molar-refractivity contribution is 1.04. The topological polar surface area (TPSA) is 63.3 Å². The Morgan fingerprint density at radius 3 is 2.63 bits per heavy atom. The van der Waals surface area contributed by atoms with E-state index in [1.807, 2.05) is 37.3 Å². The van der Waals surface area contributed by atoms with Crippen LogP contribution in [0.2, 0.25) is 5.15 Å². The molecule has 1 aromatic heterocycles. The Labute approximate surface area is 117 Å². The maximum absolute atomic E-state index is 5.81. The molecule has 0 aliphatic rings. The van der Waals surface area contributed by atoms with Crippen LogP contribution in [0.4, 0.5) is 5.69 Å². The molecule has 1 aromatic carbocycles. The molecule has 3 N–H and O–H groups in total. The minimum absolute atomic E-state index is 0.374. The highest BCUT2D eigenvalue weighted by molar-refractivity contribution is 6.29. The van der Waals surface area contributed by atoms with Gasteiger partial charge >= 0.3 is 0 Å². The summed E-state index contributed by atoms with van der Waals surface area (Å²) in [6.45, 7) is 2.50. The summed E-state index contributed by atoms with van der Waals surface area (Å²) in [6, 6.07) is 11.6. The van der Waals surface area contributed by atoms with E-state index in [9.17, 15) is 0 Å². The minimum atomic E-state index is 0.374. The predicted octanol–water partition coefficient (Wildman–Crippen LogP) is 2.97. The number of nitrogens with two attached hydrogens (primary N) is 1. The molecule has 0 unspecified atom stereocenters. The Hall–Kier alpha value is -2.07. The Kier molecular flexibility index (Phi) is 4.36. The van der Waals surface area contributed by atoms with Gasteiger partial charge in [0.1, 0.15) is 5.15 Å². The molecule has 0 amide bonds. The number of anilines is 1. The van der Waals surface area contributed by atoms with Gasteiger partial charge in [0.15, 0.2) is 5.96 Å². The Balaban J connectivity index is 1.95. The summed E-state index contributed by atoms with van der Waals surface area (Å²) in [7, 11) is 0. The van der Waals surface area contributed by atoms with Crippen molar-refractivity contribution < 1.29 is 0 Å². The monoisotopic (exact) mass is 274 g/mol. The van der Waals surface area contributed by atoms with Crippen LogP contribution in [0.3, 0.4) is 0 Å². The van der Waals surface area contributed by atoms with Crippen LogP contribution in [0.5, 0.6) is 0 Å². The van der Waals surface area contributed by atoms with Crippen molar-refractivity contribution in [1.82, 2.24) is 4.98 Å². The highest BCUT2D eigenvalue weighted by atomic mass is 35.5. The molecule has 0 spiro atoms. The molecule has 0 saturated carbocycles. The summed E-state index contributed by atoms with van der Waals surface area (Å²) in [4.78, 5) is 8.23. The number of aliphatic imine (C=N–C) groups is 1. The molecule has 0 saturated heterocycles. The lowest BCUT2D eigenvalue weighted by Crippen LogP contribution is -2.22. The van der Waals surface area contributed by atoms with Crippen LogP contribution >= 0.6 is 11.6 Å². The average Bonchev–Trinajstić information content (AvgIpc) is 2.41. The predicted molar refractivity (Wildman–Crippen MR) is 79.4 cm³/mol. The number of aryl methyl sites for hydroxylation is 1. The summed E-state index contributed by atoms with van der Waals surface area (Å²) in [5.41, 5.74) is 8.89. The van der Waals surface area contributed by atoms with Gasteiger partial charge in [-0.1, -0.05) is 35.4 Å². The minimum Gasteiger partial charge on any atom is -0.370 e. The molecule has 98 valence electrons. The highest BCUT2D eigenvalue weighted by Crippen LogP contribution is 2.09. The van der Waals surface area contributed by atoms with E-state index in [-0.39, 0.29) is 0 Å². The normalized spacial score (nSPS) is 11.4. The lowest BCUT2D eigenvalue weighted by Gasteiger charge is -2.05. The molecule has 0 radical (unpaired) electrons. The summed E-state index contributed by atoms with van der Waals surface area (Å²) in [5, 5.41) is 3.50. The SMILES string of the molecule is Cc1ccc(NC(N)=NCc2ccc(Cl)nc2)cc1. The first-order valence-electron chi connectivity index (χ1n) is 5.87. The molecule has 0 fully saturated rings. The number of nitrogens with zero attached hydrogens (tertiary/aromatic N) is 2. The number of nitrogens with one attached hydrogen (secondary N) is 1. The second-order valence-corrected chi connectivity index (χ2v) is 4.57. The maximum Gasteiger partial charge on any atom is 0.193 e. The number of benzene rings is 1. The van der Waals surface area contributed by atoms with Gasteiger partial charge in [0.25, 0.3) is 0 Å². The summed E-state index contributed by atoms with van der Waals surface area (Å²) in [6.07, 6.45) is 1.69. The zero-order chi connectivity index (χ0) is 13.7. The molecule has 2 aromatic rings. The average molecular weight is 275 g/mol. The maximum atomic E-state index is 5.81. The number of aromatic nitrogens is 1. The van der Waals surface area contributed by atoms with E-state index in [1.54, 1.807) is 12.3 Å². The van der Waals surface area contributed by atoms with Crippen LogP contribution < -0.4 is 11.1 Å². The van der Waals surface area contributed by atoms with Crippen molar-refractivity contribution in [2.45, 2.75) is 13.5 Å². The quantitative estimate of drug-likeness (QED) is 0.514. The van der Waals surface area contributed by atoms with E-state index >= 15 is 0 Å². The third-order valence-electron chi connectivity index (χ3n) is 2.54. The van der Waals surface area contributed by atoms with E-state index < -0.39 is 0 Å². The lowest BCUT2D eigenvalue weighted by atomic mass is 10.2. The number of hydrogen-bond acceptors (Lipinski definition) is 2. The number of rotatable bonds is 3. The molecule has 1 heterocycles. The molecule has 2 rings (SSSR count). The van der Waals surface area contributed by atoms with Crippen LogP contribution in [-0.4, -0.2) is 10.9 Å². The van der Waals surface area contributed by atoms with Gasteiger partial charge in [-0.3, -0.25) is 0 Å². The molecule has 0 aliphatic carbocycles. The van der Waals surface area contributed by atoms with Crippen molar-refractivity contribution in [2.24, 2.45) is 10.7 Å². The summed E-state index contributed by atoms with van der Waals surface area (Å²) < 4.78 is 0. The largest absolute Gasteiger partial charge is 0.370 e. The van der Waals surface area contributed by atoms with E-state index in [1.165, 1.54) is 5.56 Å². The molecule has 5 heteroatoms. The first-order chi connectivity index (χ1) is 9.13. The third kappa shape index (κ3) is 4.26. The van der Waals surface area contributed by atoms with Gasteiger partial charge in [-0.25, -0.2) is 9.98 Å². The van der Waals surface area contributed by atoms with Crippen molar-refractivity contribution >= 4 is 23.2 Å². The van der Waals surface area contributed by atoms with Gasteiger partial charge in [-0.15, -0.1) is 0 Å². The van der Waals surface area contributed by atoms with Gasteiger partial charge in [0.05, 0.1) is 6.54 Å². The Morgan fingerprint density at radius 1 is 1.26 bits per heavy atom. The van der Waals surface area contributed by atoms with Crippen LogP contribution in [0.25, 0.3) is 0 Å². The van der Waals surface area contributed by atoms with E-state index in [4.69, 9.17) is 17.3 Å². The fourth-order valence-corrected chi connectivity index (χ4v) is 1.61. The number of pyridine rings is 1. The van der Waals surface area contributed by atoms with Crippen molar-refractivity contribution in [1.29, 1.82) is 0 Å². The Morgan fingerprint density at radius 2 is 2.00 bits per heavy atom. The van der Waals surface area contributed by atoms with Gasteiger partial charge in [-0.05, 0) is 30.7 Å². The summed E-state index contributed by atoms with van der Waals surface area (Å²) >= 11 is 5.71. The molecule has 4 nitrogen and oxygen atoms in total. The van der Waals surface area contributed by atoms with E-state index in [0.717, 1.165) is 11.3 Å². The fourth-order valence-electron chi connectivity index (χ4n) is 1.50. The molecule has 0 atom stereocenters. The van der Waals surface area contributed by atoms with Crippen molar-refractivity contribution in [3.63, 3.8) is 0 Å². The summed E-state index contributed by atoms with van der Waals surface area (Å²) in [5.74, 6) is 0.374. The van der Waals surface area contributed by atoms with E-state index in [0.29, 0.717) is 17.7 Å². The first-order valence-corrected chi connectivity index (χ1v) is 6.25. The zero-order valence-electron chi connectivity index (χ0n) is 10.6. The molecule has 0 bridgehead atoms. The number of halogens is 1. The van der Waals surface area contributed by atoms with Crippen LogP contribution in [-0.2, 0) is 6.54 Å². The standard InChI is InChI=1S/C14H15ClN4/c1-10-2-5-12(6-3-10)19-14(16)18-9-11-4-7-13(15)17-8-11/h2-8H,9H2,1H3,(H3,16,18,19). The fraction of sp³-hybridized carbons (Fsp3) is 0.143. The van der Waals surface area contributed by atoms with Crippen LogP contribution in [0.15, 0.2) is 47.6 Å². The molecular weight excluding hydrogens is 260 g/mol. The Bertz CT molecular complexity index is 561. The first kappa shape index (κ1) is 13.4. The van der Waals surface area contributed by atoms with Crippen LogP contribution in [0.1, 0.15) is 11.1 Å². The second kappa shape index (κ2) is 6.20.